The number of aryl methyl sites for hydroxylation is 2. The van der Waals surface area contributed by atoms with Gasteiger partial charge < -0.3 is 0 Å². The van der Waals surface area contributed by atoms with Crippen molar-refractivity contribution in [2.75, 3.05) is 0 Å². The molecule has 0 unspecified atom stereocenters. The van der Waals surface area contributed by atoms with Crippen molar-refractivity contribution in [3.63, 3.8) is 0 Å². The third-order valence-corrected chi connectivity index (χ3v) is 7.19. The van der Waals surface area contributed by atoms with Gasteiger partial charge in [0.1, 0.15) is 0 Å². The highest BCUT2D eigenvalue weighted by Crippen LogP contribution is 2.28. The fraction of sp³-hybridized carbons (Fsp3) is 0.0556. The summed E-state index contributed by atoms with van der Waals surface area (Å²) >= 11 is 0. The van der Waals surface area contributed by atoms with Crippen LogP contribution in [0.3, 0.4) is 0 Å². The highest BCUT2D eigenvalue weighted by atomic mass is 14.8. The van der Waals surface area contributed by atoms with Crippen molar-refractivity contribution in [3.05, 3.63) is 131 Å². The SMILES string of the molecule is Cc1cnc2cc(/C=C/c3ccc4c(ccc5cc(/C=C/c6ccc7nc(C)cnc7c6)ccc54)c3)ccc2n1. The molecule has 0 amide bonds. The van der Waals surface area contributed by atoms with E-state index in [0.717, 1.165) is 55.7 Å². The number of rotatable bonds is 4. The van der Waals surface area contributed by atoms with Gasteiger partial charge in [0, 0.05) is 12.4 Å². The standard InChI is InChI=1S/C36H26N4/c1-23-21-37-35-19-27(9-15-33(35)39-23)5-3-25-7-13-31-29(17-25)11-12-30-18-26(8-14-32(30)31)4-6-28-10-16-34-36(20-28)38-22-24(2)40-34/h3-22H,1-2H3/b5-3+,6-4+. The van der Waals surface area contributed by atoms with Crippen molar-refractivity contribution in [2.45, 2.75) is 13.8 Å². The van der Waals surface area contributed by atoms with Crippen LogP contribution >= 0.6 is 0 Å². The summed E-state index contributed by atoms with van der Waals surface area (Å²) in [5, 5.41) is 4.96. The molecular formula is C36H26N4. The Morgan fingerprint density at radius 1 is 0.425 bits per heavy atom. The summed E-state index contributed by atoms with van der Waals surface area (Å²) in [4.78, 5) is 18.1. The lowest BCUT2D eigenvalue weighted by atomic mass is 9.98. The van der Waals surface area contributed by atoms with Gasteiger partial charge in [-0.1, -0.05) is 72.8 Å². The zero-order chi connectivity index (χ0) is 27.1. The highest BCUT2D eigenvalue weighted by molar-refractivity contribution is 6.08. The molecule has 7 rings (SSSR count). The first kappa shape index (κ1) is 23.9. The zero-order valence-electron chi connectivity index (χ0n) is 22.3. The molecule has 7 aromatic rings. The molecule has 5 aromatic carbocycles. The molecule has 2 heterocycles. The normalized spacial score (nSPS) is 12.1. The molecular weight excluding hydrogens is 488 g/mol. The maximum Gasteiger partial charge on any atom is 0.0892 e. The van der Waals surface area contributed by atoms with E-state index >= 15 is 0 Å². The monoisotopic (exact) mass is 514 g/mol. The van der Waals surface area contributed by atoms with Crippen LogP contribution < -0.4 is 0 Å². The predicted octanol–water partition coefficient (Wildman–Crippen LogP) is 8.84. The number of fused-ring (bicyclic) bond motifs is 5. The summed E-state index contributed by atoms with van der Waals surface area (Å²) in [5.41, 5.74) is 10.1. The van der Waals surface area contributed by atoms with Crippen molar-refractivity contribution in [1.29, 1.82) is 0 Å². The van der Waals surface area contributed by atoms with Gasteiger partial charge in [-0.25, -0.2) is 9.97 Å². The molecule has 0 aliphatic carbocycles. The van der Waals surface area contributed by atoms with Crippen molar-refractivity contribution >= 4 is 67.9 Å². The second-order valence-electron chi connectivity index (χ2n) is 10.2. The van der Waals surface area contributed by atoms with Gasteiger partial charge in [-0.15, -0.1) is 0 Å². The van der Waals surface area contributed by atoms with Crippen LogP contribution in [-0.4, -0.2) is 19.9 Å². The lowest BCUT2D eigenvalue weighted by Gasteiger charge is -2.07. The molecule has 0 aliphatic heterocycles. The molecule has 0 spiro atoms. The minimum absolute atomic E-state index is 0.911. The Kier molecular flexibility index (Phi) is 5.86. The largest absolute Gasteiger partial charge is 0.253 e. The number of aromatic nitrogens is 4. The zero-order valence-corrected chi connectivity index (χ0v) is 22.3. The molecule has 190 valence electrons. The fourth-order valence-corrected chi connectivity index (χ4v) is 5.15. The first-order valence-electron chi connectivity index (χ1n) is 13.4. The van der Waals surface area contributed by atoms with Crippen LogP contribution in [0.1, 0.15) is 33.6 Å². The van der Waals surface area contributed by atoms with Gasteiger partial charge in [-0.3, -0.25) is 9.97 Å². The van der Waals surface area contributed by atoms with Crippen LogP contribution in [0.15, 0.2) is 97.3 Å². The highest BCUT2D eigenvalue weighted by Gasteiger charge is 2.03. The van der Waals surface area contributed by atoms with Gasteiger partial charge in [-0.2, -0.15) is 0 Å². The van der Waals surface area contributed by atoms with E-state index in [4.69, 9.17) is 0 Å². The van der Waals surface area contributed by atoms with Gasteiger partial charge in [0.05, 0.1) is 33.5 Å². The van der Waals surface area contributed by atoms with Crippen LogP contribution in [0.5, 0.6) is 0 Å². The lowest BCUT2D eigenvalue weighted by Crippen LogP contribution is -1.87. The van der Waals surface area contributed by atoms with Gasteiger partial charge in [0.15, 0.2) is 0 Å². The Hall–Kier alpha value is -5.22. The molecule has 4 heteroatoms. The minimum atomic E-state index is 0.911. The minimum Gasteiger partial charge on any atom is -0.253 e. The van der Waals surface area contributed by atoms with Crippen LogP contribution in [0, 0.1) is 13.8 Å². The predicted molar refractivity (Wildman–Crippen MR) is 168 cm³/mol. The maximum atomic E-state index is 4.54. The van der Waals surface area contributed by atoms with Crippen LogP contribution in [0.2, 0.25) is 0 Å². The second-order valence-corrected chi connectivity index (χ2v) is 10.2. The van der Waals surface area contributed by atoms with Crippen LogP contribution in [0.25, 0.3) is 67.9 Å². The van der Waals surface area contributed by atoms with E-state index in [2.05, 4.69) is 117 Å². The van der Waals surface area contributed by atoms with Crippen molar-refractivity contribution in [3.8, 4) is 0 Å². The van der Waals surface area contributed by atoms with Gasteiger partial charge in [0.25, 0.3) is 0 Å². The van der Waals surface area contributed by atoms with Crippen molar-refractivity contribution in [1.82, 2.24) is 19.9 Å². The van der Waals surface area contributed by atoms with E-state index in [1.807, 2.05) is 38.4 Å². The van der Waals surface area contributed by atoms with Gasteiger partial charge in [-0.05, 0) is 94.0 Å². The fourth-order valence-electron chi connectivity index (χ4n) is 5.15. The van der Waals surface area contributed by atoms with E-state index in [9.17, 15) is 0 Å². The first-order valence-corrected chi connectivity index (χ1v) is 13.4. The van der Waals surface area contributed by atoms with Crippen molar-refractivity contribution < 1.29 is 0 Å². The number of benzene rings is 5. The molecule has 4 nitrogen and oxygen atoms in total. The molecule has 40 heavy (non-hydrogen) atoms. The summed E-state index contributed by atoms with van der Waals surface area (Å²) in [6.45, 7) is 3.92. The summed E-state index contributed by atoms with van der Waals surface area (Å²) in [6.07, 6.45) is 12.2. The Labute approximate surface area is 232 Å². The lowest BCUT2D eigenvalue weighted by molar-refractivity contribution is 1.18. The summed E-state index contributed by atoms with van der Waals surface area (Å²) in [5.74, 6) is 0. The molecule has 0 N–H and O–H groups in total. The van der Waals surface area contributed by atoms with Gasteiger partial charge in [0.2, 0.25) is 0 Å². The summed E-state index contributed by atoms with van der Waals surface area (Å²) in [6, 6.07) is 30.1. The quantitative estimate of drug-likeness (QED) is 0.174. The van der Waals surface area contributed by atoms with E-state index in [1.54, 1.807) is 0 Å². The van der Waals surface area contributed by atoms with Crippen molar-refractivity contribution in [2.24, 2.45) is 0 Å². The average molecular weight is 515 g/mol. The number of nitrogens with zero attached hydrogens (tertiary/aromatic N) is 4. The van der Waals surface area contributed by atoms with E-state index in [1.165, 1.54) is 21.5 Å². The Bertz CT molecular complexity index is 1990. The van der Waals surface area contributed by atoms with Crippen LogP contribution in [0.4, 0.5) is 0 Å². The number of hydrogen-bond donors (Lipinski definition) is 0. The summed E-state index contributed by atoms with van der Waals surface area (Å²) < 4.78 is 0. The topological polar surface area (TPSA) is 51.6 Å². The van der Waals surface area contributed by atoms with E-state index in [0.29, 0.717) is 0 Å². The molecule has 0 bridgehead atoms. The second kappa shape index (κ2) is 9.83. The third-order valence-electron chi connectivity index (χ3n) is 7.19. The summed E-state index contributed by atoms with van der Waals surface area (Å²) in [7, 11) is 0. The van der Waals surface area contributed by atoms with Gasteiger partial charge >= 0.3 is 0 Å². The number of hydrogen-bond acceptors (Lipinski definition) is 4. The molecule has 0 saturated heterocycles. The van der Waals surface area contributed by atoms with E-state index in [-0.39, 0.29) is 0 Å². The smallest absolute Gasteiger partial charge is 0.0892 e. The van der Waals surface area contributed by atoms with E-state index < -0.39 is 0 Å². The maximum absolute atomic E-state index is 4.54. The third kappa shape index (κ3) is 4.72. The molecule has 0 saturated carbocycles. The Morgan fingerprint density at radius 2 is 0.825 bits per heavy atom. The Morgan fingerprint density at radius 3 is 1.27 bits per heavy atom. The molecule has 2 aromatic heterocycles. The molecule has 0 aliphatic rings. The molecule has 0 atom stereocenters. The van der Waals surface area contributed by atoms with Crippen LogP contribution in [-0.2, 0) is 0 Å². The average Bonchev–Trinajstić information content (AvgIpc) is 2.98. The first-order chi connectivity index (χ1) is 19.6. The molecule has 0 radical (unpaired) electrons. The molecule has 0 fully saturated rings. The Balaban J connectivity index is 1.14.